The normalized spacial score (nSPS) is 10.3. The van der Waals surface area contributed by atoms with E-state index in [0.717, 1.165) is 30.2 Å². The highest BCUT2D eigenvalue weighted by atomic mass is 127. The molecular formula is C16H18INO2. The standard InChI is InChI=1S/C16H18INO2/c1-19-15-8-5-13(16(9-15)20-2)11-18-10-12-3-6-14(17)7-4-12/h3-9,18H,10-11H2,1-2H3. The van der Waals surface area contributed by atoms with E-state index < -0.39 is 0 Å². The van der Waals surface area contributed by atoms with Crippen molar-refractivity contribution in [1.29, 1.82) is 0 Å². The molecule has 0 amide bonds. The Morgan fingerprint density at radius 2 is 1.70 bits per heavy atom. The molecule has 0 saturated heterocycles. The van der Waals surface area contributed by atoms with E-state index in [9.17, 15) is 0 Å². The Morgan fingerprint density at radius 3 is 2.35 bits per heavy atom. The molecule has 0 spiro atoms. The van der Waals surface area contributed by atoms with Crippen LogP contribution < -0.4 is 14.8 Å². The summed E-state index contributed by atoms with van der Waals surface area (Å²) in [6.45, 7) is 1.60. The SMILES string of the molecule is COc1ccc(CNCc2ccc(I)cc2)c(OC)c1. The number of nitrogens with one attached hydrogen (secondary N) is 1. The fourth-order valence-electron chi connectivity index (χ4n) is 1.94. The van der Waals surface area contributed by atoms with Gasteiger partial charge in [0.25, 0.3) is 0 Å². The van der Waals surface area contributed by atoms with Crippen molar-refractivity contribution in [3.63, 3.8) is 0 Å². The lowest BCUT2D eigenvalue weighted by Crippen LogP contribution is -2.13. The Labute approximate surface area is 133 Å². The minimum atomic E-state index is 0.763. The number of hydrogen-bond donors (Lipinski definition) is 1. The molecule has 20 heavy (non-hydrogen) atoms. The summed E-state index contributed by atoms with van der Waals surface area (Å²) < 4.78 is 11.8. The second-order valence-corrected chi connectivity index (χ2v) is 5.65. The van der Waals surface area contributed by atoms with Crippen LogP contribution in [0.5, 0.6) is 11.5 Å². The number of ether oxygens (including phenoxy) is 2. The van der Waals surface area contributed by atoms with Gasteiger partial charge in [0.2, 0.25) is 0 Å². The molecule has 2 aromatic rings. The molecule has 0 aliphatic heterocycles. The van der Waals surface area contributed by atoms with Crippen molar-refractivity contribution in [3.8, 4) is 11.5 Å². The predicted molar refractivity (Wildman–Crippen MR) is 89.2 cm³/mol. The monoisotopic (exact) mass is 383 g/mol. The maximum atomic E-state index is 5.39. The van der Waals surface area contributed by atoms with E-state index in [1.54, 1.807) is 14.2 Å². The summed E-state index contributed by atoms with van der Waals surface area (Å²) in [4.78, 5) is 0. The molecule has 3 nitrogen and oxygen atoms in total. The molecule has 0 heterocycles. The summed E-state index contributed by atoms with van der Waals surface area (Å²) in [6, 6.07) is 14.4. The first-order chi connectivity index (χ1) is 9.72. The molecule has 0 aromatic heterocycles. The fourth-order valence-corrected chi connectivity index (χ4v) is 2.30. The van der Waals surface area contributed by atoms with Crippen LogP contribution >= 0.6 is 22.6 Å². The molecule has 1 N–H and O–H groups in total. The highest BCUT2D eigenvalue weighted by Gasteiger charge is 2.04. The van der Waals surface area contributed by atoms with Gasteiger partial charge in [-0.3, -0.25) is 0 Å². The summed E-state index contributed by atoms with van der Waals surface area (Å²) in [5.74, 6) is 1.66. The van der Waals surface area contributed by atoms with E-state index in [4.69, 9.17) is 9.47 Å². The van der Waals surface area contributed by atoms with E-state index in [2.05, 4.69) is 52.2 Å². The van der Waals surface area contributed by atoms with Crippen LogP contribution in [0.15, 0.2) is 42.5 Å². The van der Waals surface area contributed by atoms with Gasteiger partial charge < -0.3 is 14.8 Å². The molecule has 0 fully saturated rings. The smallest absolute Gasteiger partial charge is 0.127 e. The van der Waals surface area contributed by atoms with Crippen molar-refractivity contribution in [1.82, 2.24) is 5.32 Å². The third kappa shape index (κ3) is 4.11. The number of halogens is 1. The molecule has 4 heteroatoms. The Balaban J connectivity index is 1.95. The van der Waals surface area contributed by atoms with Gasteiger partial charge in [0.15, 0.2) is 0 Å². The first kappa shape index (κ1) is 15.1. The lowest BCUT2D eigenvalue weighted by atomic mass is 10.1. The van der Waals surface area contributed by atoms with Crippen molar-refractivity contribution in [2.24, 2.45) is 0 Å². The van der Waals surface area contributed by atoms with Crippen molar-refractivity contribution in [2.75, 3.05) is 14.2 Å². The number of benzene rings is 2. The Hall–Kier alpha value is -1.27. The van der Waals surface area contributed by atoms with Gasteiger partial charge in [-0.25, -0.2) is 0 Å². The van der Waals surface area contributed by atoms with Crippen LogP contribution in [0.3, 0.4) is 0 Å². The zero-order chi connectivity index (χ0) is 14.4. The molecule has 0 aliphatic carbocycles. The van der Waals surface area contributed by atoms with Crippen LogP contribution in [-0.2, 0) is 13.1 Å². The maximum Gasteiger partial charge on any atom is 0.127 e. The van der Waals surface area contributed by atoms with Crippen molar-refractivity contribution < 1.29 is 9.47 Å². The summed E-state index contributed by atoms with van der Waals surface area (Å²) in [5, 5.41) is 3.43. The minimum absolute atomic E-state index is 0.763. The van der Waals surface area contributed by atoms with E-state index in [-0.39, 0.29) is 0 Å². The Bertz CT molecular complexity index is 555. The van der Waals surface area contributed by atoms with Crippen LogP contribution in [0.2, 0.25) is 0 Å². The fraction of sp³-hybridized carbons (Fsp3) is 0.250. The summed E-state index contributed by atoms with van der Waals surface area (Å²) >= 11 is 2.31. The zero-order valence-corrected chi connectivity index (χ0v) is 13.8. The van der Waals surface area contributed by atoms with Gasteiger partial charge in [0.1, 0.15) is 11.5 Å². The number of rotatable bonds is 6. The number of hydrogen-bond acceptors (Lipinski definition) is 3. The average Bonchev–Trinajstić information content (AvgIpc) is 2.49. The van der Waals surface area contributed by atoms with Gasteiger partial charge in [-0.2, -0.15) is 0 Å². The summed E-state index contributed by atoms with van der Waals surface area (Å²) in [7, 11) is 3.33. The van der Waals surface area contributed by atoms with Crippen LogP contribution in [0.25, 0.3) is 0 Å². The minimum Gasteiger partial charge on any atom is -0.497 e. The van der Waals surface area contributed by atoms with Gasteiger partial charge in [-0.15, -0.1) is 0 Å². The third-order valence-corrected chi connectivity index (χ3v) is 3.77. The van der Waals surface area contributed by atoms with E-state index >= 15 is 0 Å². The van der Waals surface area contributed by atoms with Crippen molar-refractivity contribution >= 4 is 22.6 Å². The van der Waals surface area contributed by atoms with Gasteiger partial charge in [-0.1, -0.05) is 18.2 Å². The highest BCUT2D eigenvalue weighted by molar-refractivity contribution is 14.1. The molecule has 0 atom stereocenters. The maximum absolute atomic E-state index is 5.39. The molecule has 0 bridgehead atoms. The molecule has 0 radical (unpaired) electrons. The number of methoxy groups -OCH3 is 2. The predicted octanol–water partition coefficient (Wildman–Crippen LogP) is 3.60. The molecular weight excluding hydrogens is 365 g/mol. The summed E-state index contributed by atoms with van der Waals surface area (Å²) in [6.07, 6.45) is 0. The van der Waals surface area contributed by atoms with Crippen LogP contribution in [0.4, 0.5) is 0 Å². The molecule has 0 saturated carbocycles. The third-order valence-electron chi connectivity index (χ3n) is 3.05. The van der Waals surface area contributed by atoms with Crippen molar-refractivity contribution in [2.45, 2.75) is 13.1 Å². The van der Waals surface area contributed by atoms with Gasteiger partial charge in [0, 0.05) is 28.3 Å². The first-order valence-corrected chi connectivity index (χ1v) is 7.47. The van der Waals surface area contributed by atoms with E-state index in [0.29, 0.717) is 0 Å². The largest absolute Gasteiger partial charge is 0.497 e. The molecule has 2 rings (SSSR count). The Kier molecular flexibility index (Phi) is 5.67. The zero-order valence-electron chi connectivity index (χ0n) is 11.7. The first-order valence-electron chi connectivity index (χ1n) is 6.39. The van der Waals surface area contributed by atoms with Gasteiger partial charge >= 0.3 is 0 Å². The van der Waals surface area contributed by atoms with Crippen molar-refractivity contribution in [3.05, 3.63) is 57.2 Å². The van der Waals surface area contributed by atoms with Gasteiger partial charge in [0.05, 0.1) is 14.2 Å². The summed E-state index contributed by atoms with van der Waals surface area (Å²) in [5.41, 5.74) is 2.40. The topological polar surface area (TPSA) is 30.5 Å². The second kappa shape index (κ2) is 7.50. The molecule has 0 aliphatic rings. The molecule has 106 valence electrons. The van der Waals surface area contributed by atoms with Crippen LogP contribution in [0, 0.1) is 3.57 Å². The molecule has 2 aromatic carbocycles. The Morgan fingerprint density at radius 1 is 0.950 bits per heavy atom. The quantitative estimate of drug-likeness (QED) is 0.774. The van der Waals surface area contributed by atoms with E-state index in [1.807, 2.05) is 18.2 Å². The molecule has 0 unspecified atom stereocenters. The van der Waals surface area contributed by atoms with E-state index in [1.165, 1.54) is 9.13 Å². The van der Waals surface area contributed by atoms with Gasteiger partial charge in [-0.05, 0) is 46.4 Å². The second-order valence-electron chi connectivity index (χ2n) is 4.41. The lowest BCUT2D eigenvalue weighted by Gasteiger charge is -2.11. The highest BCUT2D eigenvalue weighted by Crippen LogP contribution is 2.24. The average molecular weight is 383 g/mol. The van der Waals surface area contributed by atoms with Crippen LogP contribution in [0.1, 0.15) is 11.1 Å². The lowest BCUT2D eigenvalue weighted by molar-refractivity contribution is 0.390. The van der Waals surface area contributed by atoms with Crippen LogP contribution in [-0.4, -0.2) is 14.2 Å².